The third-order valence-corrected chi connectivity index (χ3v) is 3.90. The molecule has 0 aliphatic heterocycles. The van der Waals surface area contributed by atoms with Gasteiger partial charge in [-0.3, -0.25) is 9.59 Å². The number of rotatable bonds is 4. The smallest absolute Gasteiger partial charge is 0.204 e. The largest absolute Gasteiger partial charge is 0.456 e. The Morgan fingerprint density at radius 2 is 1.84 bits per heavy atom. The first kappa shape index (κ1) is 17.0. The highest BCUT2D eigenvalue weighted by Crippen LogP contribution is 2.22. The van der Waals surface area contributed by atoms with Crippen LogP contribution < -0.4 is 5.43 Å². The van der Waals surface area contributed by atoms with Crippen LogP contribution in [0, 0.1) is 0 Å². The van der Waals surface area contributed by atoms with Crippen LogP contribution in [-0.2, 0) is 0 Å². The molecule has 0 saturated carbocycles. The Bertz CT molecular complexity index is 1020. The first-order valence-electron chi connectivity index (χ1n) is 7.68. The molecule has 3 aromatic rings. The third kappa shape index (κ3) is 3.49. The van der Waals surface area contributed by atoms with Gasteiger partial charge in [0.1, 0.15) is 16.9 Å². The lowest BCUT2D eigenvalue weighted by Crippen LogP contribution is -2.18. The number of halogens is 1. The van der Waals surface area contributed by atoms with Gasteiger partial charge >= 0.3 is 0 Å². The van der Waals surface area contributed by atoms with Crippen molar-refractivity contribution in [3.8, 4) is 0 Å². The maximum Gasteiger partial charge on any atom is 0.204 e. The van der Waals surface area contributed by atoms with Crippen molar-refractivity contribution >= 4 is 34.4 Å². The minimum absolute atomic E-state index is 0.000864. The Kier molecular flexibility index (Phi) is 4.72. The Balaban J connectivity index is 2.30. The number of hydrogen-bond acceptors (Lipinski definition) is 4. The van der Waals surface area contributed by atoms with Gasteiger partial charge in [0.2, 0.25) is 11.2 Å². The highest BCUT2D eigenvalue weighted by atomic mass is 35.5. The summed E-state index contributed by atoms with van der Waals surface area (Å²) in [6.07, 6.45) is 3.34. The van der Waals surface area contributed by atoms with Crippen LogP contribution in [0.1, 0.15) is 21.7 Å². The molecule has 0 unspecified atom stereocenters. The van der Waals surface area contributed by atoms with Crippen molar-refractivity contribution in [2.24, 2.45) is 0 Å². The molecule has 5 heteroatoms. The molecule has 1 aromatic heterocycles. The zero-order chi connectivity index (χ0) is 18.0. The van der Waals surface area contributed by atoms with Crippen LogP contribution >= 0.6 is 11.6 Å². The van der Waals surface area contributed by atoms with E-state index in [0.29, 0.717) is 16.2 Å². The molecule has 2 aromatic carbocycles. The Hall–Kier alpha value is -2.85. The molecule has 0 amide bonds. The molecule has 4 nitrogen and oxygen atoms in total. The van der Waals surface area contributed by atoms with E-state index in [4.69, 9.17) is 16.0 Å². The van der Waals surface area contributed by atoms with E-state index in [1.165, 1.54) is 6.07 Å². The molecular formula is C20H16ClNO3. The number of ketones is 1. The SMILES string of the molecule is CN(C)/C=C/c1oc2ccc(Cl)cc2c(=O)c1C(=O)c1ccccc1. The lowest BCUT2D eigenvalue weighted by atomic mass is 10.0. The van der Waals surface area contributed by atoms with Gasteiger partial charge in [-0.25, -0.2) is 0 Å². The van der Waals surface area contributed by atoms with Gasteiger partial charge in [0, 0.05) is 30.9 Å². The normalized spacial score (nSPS) is 11.2. The number of carbonyl (C=O) groups is 1. The average molecular weight is 354 g/mol. The summed E-state index contributed by atoms with van der Waals surface area (Å²) in [6, 6.07) is 13.4. The molecule has 0 atom stereocenters. The quantitative estimate of drug-likeness (QED) is 0.659. The van der Waals surface area contributed by atoms with Crippen LogP contribution in [0.25, 0.3) is 17.0 Å². The van der Waals surface area contributed by atoms with Crippen molar-refractivity contribution in [3.05, 3.63) is 86.9 Å². The molecule has 0 radical (unpaired) electrons. The van der Waals surface area contributed by atoms with Gasteiger partial charge in [-0.05, 0) is 24.3 Å². The van der Waals surface area contributed by atoms with Crippen LogP contribution in [0.15, 0.2) is 63.9 Å². The summed E-state index contributed by atoms with van der Waals surface area (Å²) in [4.78, 5) is 27.7. The molecule has 0 aliphatic rings. The van der Waals surface area contributed by atoms with Gasteiger partial charge in [-0.15, -0.1) is 0 Å². The van der Waals surface area contributed by atoms with Crippen LogP contribution in [0.2, 0.25) is 5.02 Å². The molecule has 0 bridgehead atoms. The second kappa shape index (κ2) is 6.95. The average Bonchev–Trinajstić information content (AvgIpc) is 2.61. The van der Waals surface area contributed by atoms with Gasteiger partial charge in [-0.2, -0.15) is 0 Å². The summed E-state index contributed by atoms with van der Waals surface area (Å²) in [6.45, 7) is 0. The molecule has 3 rings (SSSR count). The lowest BCUT2D eigenvalue weighted by molar-refractivity contribution is 0.103. The minimum atomic E-state index is -0.393. The summed E-state index contributed by atoms with van der Waals surface area (Å²) in [5.74, 6) is -0.156. The van der Waals surface area contributed by atoms with Crippen molar-refractivity contribution in [3.63, 3.8) is 0 Å². The lowest BCUT2D eigenvalue weighted by Gasteiger charge is -2.08. The molecule has 0 fully saturated rings. The summed E-state index contributed by atoms with van der Waals surface area (Å²) >= 11 is 6.00. The molecule has 0 saturated heterocycles. The van der Waals surface area contributed by atoms with Gasteiger partial charge < -0.3 is 9.32 Å². The predicted octanol–water partition coefficient (Wildman–Crippen LogP) is 4.21. The Labute approximate surface area is 149 Å². The molecule has 126 valence electrons. The fourth-order valence-corrected chi connectivity index (χ4v) is 2.64. The minimum Gasteiger partial charge on any atom is -0.456 e. The summed E-state index contributed by atoms with van der Waals surface area (Å²) < 4.78 is 5.83. The monoisotopic (exact) mass is 353 g/mol. The van der Waals surface area contributed by atoms with Crippen molar-refractivity contribution < 1.29 is 9.21 Å². The molecule has 25 heavy (non-hydrogen) atoms. The van der Waals surface area contributed by atoms with E-state index in [2.05, 4.69) is 0 Å². The fourth-order valence-electron chi connectivity index (χ4n) is 2.47. The van der Waals surface area contributed by atoms with Crippen molar-refractivity contribution in [2.45, 2.75) is 0 Å². The van der Waals surface area contributed by atoms with Crippen LogP contribution in [0.4, 0.5) is 0 Å². The van der Waals surface area contributed by atoms with E-state index in [1.807, 2.05) is 20.2 Å². The van der Waals surface area contributed by atoms with Gasteiger partial charge in [0.25, 0.3) is 0 Å². The standard InChI is InChI=1S/C20H16ClNO3/c1-22(2)11-10-17-18(19(23)13-6-4-3-5-7-13)20(24)15-12-14(21)8-9-16(15)25-17/h3-12H,1-2H3/b11-10+. The number of nitrogens with zero attached hydrogens (tertiary/aromatic N) is 1. The highest BCUT2D eigenvalue weighted by Gasteiger charge is 2.21. The van der Waals surface area contributed by atoms with Gasteiger partial charge in [0.15, 0.2) is 0 Å². The molecule has 0 N–H and O–H groups in total. The van der Waals surface area contributed by atoms with E-state index >= 15 is 0 Å². The molecule has 0 aliphatic carbocycles. The van der Waals surface area contributed by atoms with Crippen molar-refractivity contribution in [1.82, 2.24) is 4.90 Å². The van der Waals surface area contributed by atoms with E-state index in [9.17, 15) is 9.59 Å². The molecule has 0 spiro atoms. The summed E-state index contributed by atoms with van der Waals surface area (Å²) in [7, 11) is 3.68. The van der Waals surface area contributed by atoms with Crippen LogP contribution in [-0.4, -0.2) is 24.8 Å². The van der Waals surface area contributed by atoms with Crippen molar-refractivity contribution in [2.75, 3.05) is 14.1 Å². The first-order chi connectivity index (χ1) is 12.0. The zero-order valence-corrected chi connectivity index (χ0v) is 14.6. The summed E-state index contributed by atoms with van der Waals surface area (Å²) in [5.41, 5.74) is 0.420. The van der Waals surface area contributed by atoms with E-state index in [-0.39, 0.29) is 22.5 Å². The number of benzene rings is 2. The Morgan fingerprint density at radius 3 is 2.52 bits per heavy atom. The Morgan fingerprint density at radius 1 is 1.12 bits per heavy atom. The second-order valence-electron chi connectivity index (χ2n) is 5.79. The predicted molar refractivity (Wildman–Crippen MR) is 100 cm³/mol. The maximum absolute atomic E-state index is 13.0. The van der Waals surface area contributed by atoms with Crippen LogP contribution in [0.3, 0.4) is 0 Å². The number of fused-ring (bicyclic) bond motifs is 1. The topological polar surface area (TPSA) is 50.5 Å². The van der Waals surface area contributed by atoms with Gasteiger partial charge in [0.05, 0.1) is 5.39 Å². The van der Waals surface area contributed by atoms with Crippen molar-refractivity contribution in [1.29, 1.82) is 0 Å². The highest BCUT2D eigenvalue weighted by molar-refractivity contribution is 6.31. The first-order valence-corrected chi connectivity index (χ1v) is 8.06. The van der Waals surface area contributed by atoms with E-state index < -0.39 is 5.43 Å². The second-order valence-corrected chi connectivity index (χ2v) is 6.22. The number of carbonyl (C=O) groups excluding carboxylic acids is 1. The third-order valence-electron chi connectivity index (χ3n) is 3.67. The van der Waals surface area contributed by atoms with Crippen LogP contribution in [0.5, 0.6) is 0 Å². The van der Waals surface area contributed by atoms with Gasteiger partial charge in [-0.1, -0.05) is 41.9 Å². The molecular weight excluding hydrogens is 338 g/mol. The maximum atomic E-state index is 13.0. The summed E-state index contributed by atoms with van der Waals surface area (Å²) in [5, 5.41) is 0.697. The zero-order valence-electron chi connectivity index (χ0n) is 13.8. The van der Waals surface area contributed by atoms with E-state index in [1.54, 1.807) is 53.6 Å². The fraction of sp³-hybridized carbons (Fsp3) is 0.100. The van der Waals surface area contributed by atoms with E-state index in [0.717, 1.165) is 0 Å². The number of hydrogen-bond donors (Lipinski definition) is 0. The molecule has 1 heterocycles.